The van der Waals surface area contributed by atoms with Crippen LogP contribution < -0.4 is 16.8 Å². The number of carbonyl (C=O) groups excluding carboxylic acids is 2. The number of primary amides is 1. The summed E-state index contributed by atoms with van der Waals surface area (Å²) >= 11 is 2.66. The highest BCUT2D eigenvalue weighted by Gasteiger charge is 2.19. The van der Waals surface area contributed by atoms with Crippen LogP contribution in [0.5, 0.6) is 0 Å². The quantitative estimate of drug-likeness (QED) is 0.581. The molecular weight excluding hydrogens is 310 g/mol. The first-order valence-corrected chi connectivity index (χ1v) is 7.79. The van der Waals surface area contributed by atoms with Crippen molar-refractivity contribution in [3.63, 3.8) is 0 Å². The molecule has 0 fully saturated rings. The summed E-state index contributed by atoms with van der Waals surface area (Å²) in [7, 11) is 0. The van der Waals surface area contributed by atoms with Gasteiger partial charge in [0.15, 0.2) is 5.16 Å². The van der Waals surface area contributed by atoms with Crippen LogP contribution in [-0.4, -0.2) is 27.2 Å². The molecule has 0 aliphatic heterocycles. The molecule has 21 heavy (non-hydrogen) atoms. The molecule has 112 valence electrons. The molecule has 1 atom stereocenters. The summed E-state index contributed by atoms with van der Waals surface area (Å²) in [5, 5.41) is 2.72. The van der Waals surface area contributed by atoms with E-state index in [1.54, 1.807) is 6.92 Å². The van der Waals surface area contributed by atoms with Crippen LogP contribution in [0.4, 0.5) is 10.6 Å². The van der Waals surface area contributed by atoms with E-state index in [1.807, 2.05) is 19.2 Å². The van der Waals surface area contributed by atoms with Gasteiger partial charge in [-0.25, -0.2) is 14.8 Å². The Morgan fingerprint density at radius 1 is 1.33 bits per heavy atom. The van der Waals surface area contributed by atoms with Crippen LogP contribution in [0.25, 0.3) is 10.2 Å². The Hall–Kier alpha value is -1.87. The third-order valence-electron chi connectivity index (χ3n) is 2.93. The maximum atomic E-state index is 11.6. The number of urea groups is 1. The summed E-state index contributed by atoms with van der Waals surface area (Å²) in [4.78, 5) is 32.9. The molecule has 2 heterocycles. The highest BCUT2D eigenvalue weighted by Crippen LogP contribution is 2.34. The van der Waals surface area contributed by atoms with Gasteiger partial charge >= 0.3 is 6.03 Å². The van der Waals surface area contributed by atoms with E-state index in [-0.39, 0.29) is 0 Å². The van der Waals surface area contributed by atoms with Crippen molar-refractivity contribution in [1.29, 1.82) is 0 Å². The number of aromatic nitrogens is 2. The molecule has 1 unspecified atom stereocenters. The van der Waals surface area contributed by atoms with E-state index in [9.17, 15) is 9.59 Å². The highest BCUT2D eigenvalue weighted by atomic mass is 32.2. The minimum atomic E-state index is -0.882. The number of nitrogens with two attached hydrogens (primary N) is 2. The van der Waals surface area contributed by atoms with Crippen molar-refractivity contribution in [2.45, 2.75) is 31.2 Å². The second-order valence-electron chi connectivity index (χ2n) is 4.47. The number of nitrogens with one attached hydrogen (secondary N) is 1. The lowest BCUT2D eigenvalue weighted by Crippen LogP contribution is -2.39. The largest absolute Gasteiger partial charge is 0.383 e. The predicted octanol–water partition coefficient (Wildman–Crippen LogP) is 1.57. The summed E-state index contributed by atoms with van der Waals surface area (Å²) in [6.07, 6.45) is 0. The molecule has 0 saturated heterocycles. The number of thioether (sulfide) groups is 1. The van der Waals surface area contributed by atoms with Gasteiger partial charge in [0.05, 0.1) is 10.6 Å². The van der Waals surface area contributed by atoms with Crippen LogP contribution in [0.15, 0.2) is 5.16 Å². The van der Waals surface area contributed by atoms with Crippen molar-refractivity contribution in [3.05, 3.63) is 10.4 Å². The fourth-order valence-electron chi connectivity index (χ4n) is 1.75. The van der Waals surface area contributed by atoms with Crippen molar-refractivity contribution in [2.24, 2.45) is 5.73 Å². The Morgan fingerprint density at radius 3 is 2.62 bits per heavy atom. The summed E-state index contributed by atoms with van der Waals surface area (Å²) < 4.78 is 0. The van der Waals surface area contributed by atoms with Crippen molar-refractivity contribution in [2.75, 3.05) is 5.73 Å². The number of nitrogens with zero attached hydrogens (tertiary/aromatic N) is 2. The van der Waals surface area contributed by atoms with E-state index < -0.39 is 17.2 Å². The highest BCUT2D eigenvalue weighted by molar-refractivity contribution is 8.00. The molecule has 0 spiro atoms. The minimum Gasteiger partial charge on any atom is -0.383 e. The van der Waals surface area contributed by atoms with Gasteiger partial charge in [0, 0.05) is 4.88 Å². The maximum absolute atomic E-state index is 11.6. The van der Waals surface area contributed by atoms with E-state index in [1.165, 1.54) is 11.3 Å². The first-order chi connectivity index (χ1) is 9.79. The number of hydrogen-bond acceptors (Lipinski definition) is 7. The minimum absolute atomic E-state index is 0.395. The number of carbonyl (C=O) groups is 2. The molecule has 5 N–H and O–H groups in total. The van der Waals surface area contributed by atoms with Gasteiger partial charge in [-0.1, -0.05) is 11.8 Å². The molecule has 0 aliphatic carbocycles. The number of hydrogen-bond donors (Lipinski definition) is 3. The smallest absolute Gasteiger partial charge is 0.318 e. The standard InChI is InChI=1S/C12H15N5O2S2/c1-4-5(2)20-10-7(4)8(13)15-12(17-10)21-6(3)9(18)16-11(14)19/h6H,1-3H3,(H2,13,15,17)(H3,14,16,18,19). The zero-order valence-electron chi connectivity index (χ0n) is 11.8. The normalized spacial score (nSPS) is 12.3. The van der Waals surface area contributed by atoms with Crippen molar-refractivity contribution in [1.82, 2.24) is 15.3 Å². The molecule has 0 aliphatic rings. The van der Waals surface area contributed by atoms with E-state index in [0.717, 1.165) is 32.4 Å². The molecule has 2 aromatic heterocycles. The predicted molar refractivity (Wildman–Crippen MR) is 84.3 cm³/mol. The average molecular weight is 325 g/mol. The van der Waals surface area contributed by atoms with Crippen LogP contribution in [0.1, 0.15) is 17.4 Å². The van der Waals surface area contributed by atoms with Crippen molar-refractivity contribution < 1.29 is 9.59 Å². The summed E-state index contributed by atoms with van der Waals surface area (Å²) in [6.45, 7) is 5.61. The Labute approximate surface area is 129 Å². The lowest BCUT2D eigenvalue weighted by atomic mass is 10.2. The Morgan fingerprint density at radius 2 is 2.00 bits per heavy atom. The number of amides is 3. The number of rotatable bonds is 3. The number of thiophene rings is 1. The van der Waals surface area contributed by atoms with Crippen molar-refractivity contribution in [3.8, 4) is 0 Å². The van der Waals surface area contributed by atoms with Crippen molar-refractivity contribution >= 4 is 51.1 Å². The Balaban J connectivity index is 2.27. The molecule has 0 radical (unpaired) electrons. The van der Waals surface area contributed by atoms with Gasteiger partial charge in [-0.05, 0) is 26.3 Å². The van der Waals surface area contributed by atoms with Gasteiger partial charge in [0.2, 0.25) is 5.91 Å². The van der Waals surface area contributed by atoms with Crippen LogP contribution >= 0.6 is 23.1 Å². The third kappa shape index (κ3) is 3.24. The summed E-state index contributed by atoms with van der Waals surface area (Å²) in [6, 6.07) is -0.882. The van der Waals surface area contributed by atoms with Gasteiger partial charge in [-0.2, -0.15) is 0 Å². The molecular formula is C12H15N5O2S2. The molecule has 0 saturated carbocycles. The molecule has 0 aromatic carbocycles. The fourth-order valence-corrected chi connectivity index (χ4v) is 3.62. The van der Waals surface area contributed by atoms with Gasteiger partial charge < -0.3 is 11.5 Å². The Bertz CT molecular complexity index is 728. The Kier molecular flexibility index (Phi) is 4.33. The van der Waals surface area contributed by atoms with Gasteiger partial charge in [-0.15, -0.1) is 11.3 Å². The van der Waals surface area contributed by atoms with Crippen LogP contribution in [0, 0.1) is 13.8 Å². The lowest BCUT2D eigenvalue weighted by Gasteiger charge is -2.09. The third-order valence-corrected chi connectivity index (χ3v) is 5.00. The van der Waals surface area contributed by atoms with Crippen LogP contribution in [0.2, 0.25) is 0 Å². The number of aryl methyl sites for hydroxylation is 2. The molecule has 2 aromatic rings. The van der Waals surface area contributed by atoms with Crippen LogP contribution in [-0.2, 0) is 4.79 Å². The number of nitrogen functional groups attached to an aromatic ring is 1. The van der Waals surface area contributed by atoms with Gasteiger partial charge in [0.1, 0.15) is 10.6 Å². The van der Waals surface area contributed by atoms with Gasteiger partial charge in [-0.3, -0.25) is 10.1 Å². The fraction of sp³-hybridized carbons (Fsp3) is 0.333. The average Bonchev–Trinajstić information content (AvgIpc) is 2.64. The SMILES string of the molecule is Cc1sc2nc(SC(C)C(=O)NC(N)=O)nc(N)c2c1C. The summed E-state index contributed by atoms with van der Waals surface area (Å²) in [5.74, 6) is -0.0971. The number of imide groups is 1. The summed E-state index contributed by atoms with van der Waals surface area (Å²) in [5.41, 5.74) is 12.0. The topological polar surface area (TPSA) is 124 Å². The van der Waals surface area contributed by atoms with E-state index >= 15 is 0 Å². The van der Waals surface area contributed by atoms with E-state index in [0.29, 0.717) is 11.0 Å². The van der Waals surface area contributed by atoms with E-state index in [2.05, 4.69) is 9.97 Å². The second-order valence-corrected chi connectivity index (χ2v) is 6.98. The molecule has 9 heteroatoms. The first-order valence-electron chi connectivity index (χ1n) is 6.09. The second kappa shape index (κ2) is 5.86. The molecule has 3 amide bonds. The zero-order valence-corrected chi connectivity index (χ0v) is 13.4. The first kappa shape index (κ1) is 15.5. The zero-order chi connectivity index (χ0) is 15.7. The molecule has 0 bridgehead atoms. The molecule has 2 rings (SSSR count). The lowest BCUT2D eigenvalue weighted by molar-refractivity contribution is -0.119. The molecule has 7 nitrogen and oxygen atoms in total. The van der Waals surface area contributed by atoms with Gasteiger partial charge in [0.25, 0.3) is 0 Å². The monoisotopic (exact) mass is 325 g/mol. The number of anilines is 1. The van der Waals surface area contributed by atoms with E-state index in [4.69, 9.17) is 11.5 Å². The maximum Gasteiger partial charge on any atom is 0.318 e. The van der Waals surface area contributed by atoms with Crippen LogP contribution in [0.3, 0.4) is 0 Å². The number of fused-ring (bicyclic) bond motifs is 1.